The summed E-state index contributed by atoms with van der Waals surface area (Å²) < 4.78 is 43.9. The molecule has 0 atom stereocenters. The molecular formula is C53H53N3O16. The third-order valence-electron chi connectivity index (χ3n) is 10.1. The molecule has 5 rings (SSSR count). The van der Waals surface area contributed by atoms with E-state index in [1.807, 2.05) is 0 Å². The molecule has 5 aromatic rings. The molecule has 19 nitrogen and oxygen atoms in total. The van der Waals surface area contributed by atoms with Gasteiger partial charge in [-0.2, -0.15) is 0 Å². The van der Waals surface area contributed by atoms with Crippen LogP contribution in [0.1, 0.15) is 82.4 Å². The number of esters is 5. The van der Waals surface area contributed by atoms with Crippen LogP contribution in [0.2, 0.25) is 0 Å². The zero-order valence-corrected chi connectivity index (χ0v) is 39.3. The van der Waals surface area contributed by atoms with E-state index in [9.17, 15) is 39.3 Å². The van der Waals surface area contributed by atoms with Crippen LogP contribution in [0.25, 0.3) is 0 Å². The van der Waals surface area contributed by atoms with Crippen molar-refractivity contribution in [3.63, 3.8) is 0 Å². The van der Waals surface area contributed by atoms with Gasteiger partial charge >= 0.3 is 29.8 Å². The third kappa shape index (κ3) is 18.6. The van der Waals surface area contributed by atoms with Crippen molar-refractivity contribution in [2.75, 3.05) is 39.6 Å². The first-order chi connectivity index (χ1) is 34.9. The van der Waals surface area contributed by atoms with Crippen LogP contribution in [0.3, 0.4) is 0 Å². The van der Waals surface area contributed by atoms with Gasteiger partial charge in [-0.05, 0) is 142 Å². The van der Waals surface area contributed by atoms with Crippen LogP contribution >= 0.6 is 0 Å². The van der Waals surface area contributed by atoms with E-state index in [0.29, 0.717) is 92.6 Å². The Balaban J connectivity index is 1.12. The largest absolute Gasteiger partial charge is 0.594 e. The smallest absolute Gasteiger partial charge is 0.344 e. The predicted octanol–water partition coefficient (Wildman–Crippen LogP) is 10.5. The first-order valence-corrected chi connectivity index (χ1v) is 22.9. The van der Waals surface area contributed by atoms with Crippen molar-refractivity contribution in [1.82, 2.24) is 0 Å². The van der Waals surface area contributed by atoms with Crippen LogP contribution < -0.4 is 23.7 Å². The summed E-state index contributed by atoms with van der Waals surface area (Å²) in [4.78, 5) is 73.5. The van der Waals surface area contributed by atoms with Gasteiger partial charge in [-0.1, -0.05) is 18.0 Å². The standard InChI is InChI=1S/C53H53N3O16/c1-3-49(57)68-34-11-9-32-66-43-22-26-45(27-23-43)71-51(59)38-13-30-47(53(61)72-46-28-24-44(25-29-46)67-33-10-12-35-69-50(58)4-2)48(37-38)52(60)70-36-8-6-5-7-31-65-42-20-14-39(15-21-42)54-55(62)40-16-18-41(19-17-40)56(63)64/h3-4,13-30,37H,1-2,5-12,31-36H2. The SMILES string of the molecule is C=CC(=O)OCCCCOc1ccc(OC(=O)c2ccc(C(=O)Oc3ccc(OCCCCOC(=O)C=C)cc3)c(C(=O)OCCCCCCOc3ccc(N=[N+]([O-])c4ccc([N+](=O)[O-])cc4)cc3)c2)cc1. The second-order valence-electron chi connectivity index (χ2n) is 15.4. The molecule has 5 aromatic carbocycles. The quantitative estimate of drug-likeness (QED) is 0.00478. The summed E-state index contributed by atoms with van der Waals surface area (Å²) in [5, 5.41) is 27.2. The van der Waals surface area contributed by atoms with Gasteiger partial charge in [0.05, 0.1) is 61.3 Å². The monoisotopic (exact) mass is 987 g/mol. The van der Waals surface area contributed by atoms with Gasteiger partial charge in [0.1, 0.15) is 34.4 Å². The van der Waals surface area contributed by atoms with Crippen LogP contribution in [0.15, 0.2) is 146 Å². The van der Waals surface area contributed by atoms with E-state index >= 15 is 0 Å². The number of hydrogen-bond donors (Lipinski definition) is 0. The van der Waals surface area contributed by atoms with Crippen molar-refractivity contribution in [1.29, 1.82) is 0 Å². The number of unbranched alkanes of at least 4 members (excludes halogenated alkanes) is 5. The normalized spacial score (nSPS) is 10.8. The zero-order valence-electron chi connectivity index (χ0n) is 39.3. The molecular weight excluding hydrogens is 935 g/mol. The van der Waals surface area contributed by atoms with Crippen molar-refractivity contribution in [2.45, 2.75) is 51.4 Å². The van der Waals surface area contributed by atoms with E-state index < -0.39 is 34.8 Å². The van der Waals surface area contributed by atoms with Crippen LogP contribution in [0, 0.1) is 15.3 Å². The number of hydrogen-bond acceptors (Lipinski definition) is 17. The molecule has 0 spiro atoms. The van der Waals surface area contributed by atoms with E-state index in [2.05, 4.69) is 18.3 Å². The Morgan fingerprint density at radius 2 is 0.875 bits per heavy atom. The number of carbonyl (C=O) groups excluding carboxylic acids is 5. The number of ether oxygens (including phenoxy) is 8. The number of carbonyl (C=O) groups is 5. The second kappa shape index (κ2) is 29.2. The fourth-order valence-electron chi connectivity index (χ4n) is 6.27. The molecule has 0 heterocycles. The number of nitro groups is 1. The average Bonchev–Trinajstić information content (AvgIpc) is 3.39. The Kier molecular flexibility index (Phi) is 22.0. The number of benzene rings is 5. The molecule has 0 bridgehead atoms. The van der Waals surface area contributed by atoms with Crippen molar-refractivity contribution in [3.05, 3.63) is 173 Å². The highest BCUT2D eigenvalue weighted by Crippen LogP contribution is 2.25. The maximum Gasteiger partial charge on any atom is 0.344 e. The highest BCUT2D eigenvalue weighted by atomic mass is 16.6. The van der Waals surface area contributed by atoms with Crippen molar-refractivity contribution in [3.8, 4) is 28.7 Å². The topological polar surface area (TPSA) is 241 Å². The molecule has 19 heteroatoms. The lowest BCUT2D eigenvalue weighted by molar-refractivity contribution is -0.435. The fraction of sp³-hybridized carbons (Fsp3) is 0.264. The highest BCUT2D eigenvalue weighted by molar-refractivity contribution is 6.06. The van der Waals surface area contributed by atoms with Crippen molar-refractivity contribution < 1.29 is 71.7 Å². The van der Waals surface area contributed by atoms with E-state index in [1.54, 1.807) is 60.7 Å². The zero-order chi connectivity index (χ0) is 51.5. The molecule has 0 aliphatic rings. The van der Waals surface area contributed by atoms with Gasteiger partial charge in [0.15, 0.2) is 0 Å². The Bertz CT molecular complexity index is 2650. The summed E-state index contributed by atoms with van der Waals surface area (Å²) in [7, 11) is 0. The van der Waals surface area contributed by atoms with E-state index in [-0.39, 0.29) is 59.4 Å². The summed E-state index contributed by atoms with van der Waals surface area (Å²) in [6.45, 7) is 8.32. The molecule has 0 N–H and O–H groups in total. The Morgan fingerprint density at radius 3 is 1.38 bits per heavy atom. The van der Waals surface area contributed by atoms with Crippen molar-refractivity contribution in [2.24, 2.45) is 5.11 Å². The molecule has 0 amide bonds. The van der Waals surface area contributed by atoms with Gasteiger partial charge in [0.25, 0.3) is 5.69 Å². The Hall–Kier alpha value is -8.87. The summed E-state index contributed by atoms with van der Waals surface area (Å²) in [6, 6.07) is 28.0. The summed E-state index contributed by atoms with van der Waals surface area (Å²) in [6.07, 6.45) is 7.24. The molecule has 0 unspecified atom stereocenters. The highest BCUT2D eigenvalue weighted by Gasteiger charge is 2.23. The van der Waals surface area contributed by atoms with Crippen LogP contribution in [-0.2, 0) is 23.8 Å². The number of rotatable bonds is 30. The molecule has 376 valence electrons. The number of azo groups is 1. The minimum atomic E-state index is -0.878. The van der Waals surface area contributed by atoms with Crippen LogP contribution in [0.4, 0.5) is 17.1 Å². The number of nitrogens with zero attached hydrogens (tertiary/aromatic N) is 3. The lowest BCUT2D eigenvalue weighted by Crippen LogP contribution is -2.18. The summed E-state index contributed by atoms with van der Waals surface area (Å²) in [5.74, 6) is -1.56. The van der Waals surface area contributed by atoms with Crippen LogP contribution in [-0.4, -0.2) is 79.3 Å². The molecule has 72 heavy (non-hydrogen) atoms. The van der Waals surface area contributed by atoms with Gasteiger partial charge in [0, 0.05) is 41.5 Å². The van der Waals surface area contributed by atoms with Gasteiger partial charge in [-0.25, -0.2) is 24.0 Å². The number of nitro benzene ring substituents is 1. The first kappa shape index (κ1) is 54.1. The van der Waals surface area contributed by atoms with Gasteiger partial charge in [-0.3, -0.25) is 10.1 Å². The van der Waals surface area contributed by atoms with E-state index in [1.165, 1.54) is 54.6 Å². The number of non-ortho nitro benzene ring substituents is 1. The first-order valence-electron chi connectivity index (χ1n) is 22.9. The molecule has 0 fully saturated rings. The summed E-state index contributed by atoms with van der Waals surface area (Å²) >= 11 is 0. The Morgan fingerprint density at radius 1 is 0.458 bits per heavy atom. The molecule has 0 saturated carbocycles. The average molecular weight is 988 g/mol. The third-order valence-corrected chi connectivity index (χ3v) is 10.1. The molecule has 0 aliphatic heterocycles. The van der Waals surface area contributed by atoms with E-state index in [4.69, 9.17) is 37.9 Å². The molecule has 0 aliphatic carbocycles. The Labute approximate surface area is 414 Å². The summed E-state index contributed by atoms with van der Waals surface area (Å²) in [5.41, 5.74) is -0.0350. The molecule has 0 radical (unpaired) electrons. The minimum absolute atomic E-state index is 0.0169. The lowest BCUT2D eigenvalue weighted by atomic mass is 10.0. The fourth-order valence-corrected chi connectivity index (χ4v) is 6.27. The predicted molar refractivity (Wildman–Crippen MR) is 260 cm³/mol. The minimum Gasteiger partial charge on any atom is -0.594 e. The lowest BCUT2D eigenvalue weighted by Gasteiger charge is -2.12. The maximum atomic E-state index is 13.6. The van der Waals surface area contributed by atoms with E-state index in [0.717, 1.165) is 18.6 Å². The van der Waals surface area contributed by atoms with Gasteiger partial charge in [-0.15, -0.1) is 0 Å². The maximum absolute atomic E-state index is 13.6. The molecule has 0 saturated heterocycles. The molecule has 0 aromatic heterocycles. The van der Waals surface area contributed by atoms with Crippen LogP contribution in [0.5, 0.6) is 28.7 Å². The van der Waals surface area contributed by atoms with Gasteiger partial charge in [0.2, 0.25) is 5.69 Å². The van der Waals surface area contributed by atoms with Gasteiger partial charge < -0.3 is 43.1 Å². The second-order valence-corrected chi connectivity index (χ2v) is 15.4. The van der Waals surface area contributed by atoms with Crippen molar-refractivity contribution >= 4 is 46.9 Å².